The molecule has 32 heavy (non-hydrogen) atoms. The van der Waals surface area contributed by atoms with Gasteiger partial charge in [0.1, 0.15) is 5.75 Å². The molecule has 0 aliphatic carbocycles. The zero-order valence-corrected chi connectivity index (χ0v) is 19.3. The van der Waals surface area contributed by atoms with E-state index < -0.39 is 0 Å². The van der Waals surface area contributed by atoms with Crippen LogP contribution in [0.25, 0.3) is 0 Å². The summed E-state index contributed by atoms with van der Waals surface area (Å²) in [5, 5.41) is 3.51. The van der Waals surface area contributed by atoms with Crippen molar-refractivity contribution in [3.05, 3.63) is 83.4 Å². The van der Waals surface area contributed by atoms with Crippen molar-refractivity contribution in [2.45, 2.75) is 32.2 Å². The number of carbonyl (C=O) groups is 1. The molecule has 5 nitrogen and oxygen atoms in total. The van der Waals surface area contributed by atoms with Gasteiger partial charge in [-0.05, 0) is 59.5 Å². The van der Waals surface area contributed by atoms with Crippen LogP contribution in [0.4, 0.5) is 5.69 Å². The van der Waals surface area contributed by atoms with E-state index in [0.717, 1.165) is 17.0 Å². The molecule has 0 saturated carbocycles. The first-order chi connectivity index (χ1) is 15.4. The minimum absolute atomic E-state index is 0.0184. The van der Waals surface area contributed by atoms with Crippen LogP contribution in [-0.2, 0) is 0 Å². The number of anilines is 1. The summed E-state index contributed by atoms with van der Waals surface area (Å²) in [5.74, 6) is 2.39. The van der Waals surface area contributed by atoms with Crippen LogP contribution in [-0.4, -0.2) is 27.1 Å². The van der Waals surface area contributed by atoms with Gasteiger partial charge in [-0.1, -0.05) is 38.1 Å². The van der Waals surface area contributed by atoms with Gasteiger partial charge >= 0.3 is 0 Å². The van der Waals surface area contributed by atoms with Gasteiger partial charge in [0, 0.05) is 17.7 Å². The van der Waals surface area contributed by atoms with Crippen molar-refractivity contribution in [1.82, 2.24) is 0 Å². The quantitative estimate of drug-likeness (QED) is 0.382. The zero-order valence-electron chi connectivity index (χ0n) is 19.3. The van der Waals surface area contributed by atoms with E-state index in [2.05, 4.69) is 43.4 Å². The molecule has 0 radical (unpaired) electrons. The predicted molar refractivity (Wildman–Crippen MR) is 128 cm³/mol. The lowest BCUT2D eigenvalue weighted by Gasteiger charge is -2.21. The smallest absolute Gasteiger partial charge is 0.165 e. The molecule has 3 aromatic rings. The second-order valence-electron chi connectivity index (χ2n) is 7.94. The molecule has 0 bridgehead atoms. The molecule has 5 heteroatoms. The largest absolute Gasteiger partial charge is 0.497 e. The van der Waals surface area contributed by atoms with Gasteiger partial charge in [0.05, 0.1) is 27.4 Å². The maximum Gasteiger partial charge on any atom is 0.165 e. The van der Waals surface area contributed by atoms with Crippen LogP contribution in [0, 0.1) is 0 Å². The lowest BCUT2D eigenvalue weighted by molar-refractivity contribution is 0.0976. The fourth-order valence-electron chi connectivity index (χ4n) is 3.57. The van der Waals surface area contributed by atoms with Crippen LogP contribution in [0.3, 0.4) is 0 Å². The Labute approximate surface area is 190 Å². The van der Waals surface area contributed by atoms with E-state index >= 15 is 0 Å². The molecule has 0 heterocycles. The summed E-state index contributed by atoms with van der Waals surface area (Å²) in [5.41, 5.74) is 3.83. The van der Waals surface area contributed by atoms with E-state index in [0.29, 0.717) is 29.4 Å². The maximum atomic E-state index is 13.2. The molecule has 1 atom stereocenters. The minimum Gasteiger partial charge on any atom is -0.497 e. The number of hydrogen-bond acceptors (Lipinski definition) is 5. The molecule has 0 amide bonds. The second-order valence-corrected chi connectivity index (χ2v) is 7.94. The maximum absolute atomic E-state index is 13.2. The molecular weight excluding hydrogens is 402 g/mol. The normalized spacial score (nSPS) is 11.7. The number of ether oxygens (including phenoxy) is 3. The average Bonchev–Trinajstić information content (AvgIpc) is 2.83. The number of nitrogens with one attached hydrogen (secondary N) is 1. The highest BCUT2D eigenvalue weighted by Crippen LogP contribution is 2.31. The monoisotopic (exact) mass is 433 g/mol. The molecular formula is C27H31NO4. The van der Waals surface area contributed by atoms with Crippen LogP contribution in [0.2, 0.25) is 0 Å². The van der Waals surface area contributed by atoms with Gasteiger partial charge in [0.2, 0.25) is 0 Å². The number of carbonyl (C=O) groups excluding carboxylic acids is 1. The number of hydrogen-bond donors (Lipinski definition) is 1. The molecule has 0 aliphatic heterocycles. The summed E-state index contributed by atoms with van der Waals surface area (Å²) < 4.78 is 15.9. The van der Waals surface area contributed by atoms with Crippen molar-refractivity contribution in [3.63, 3.8) is 0 Å². The topological polar surface area (TPSA) is 56.8 Å². The molecule has 0 aliphatic rings. The Morgan fingerprint density at radius 2 is 1.41 bits per heavy atom. The van der Waals surface area contributed by atoms with Gasteiger partial charge < -0.3 is 19.5 Å². The summed E-state index contributed by atoms with van der Waals surface area (Å²) in [7, 11) is 4.79. The lowest BCUT2D eigenvalue weighted by Crippen LogP contribution is -2.16. The first kappa shape index (κ1) is 23.2. The van der Waals surface area contributed by atoms with Gasteiger partial charge in [0.25, 0.3) is 0 Å². The molecule has 0 fully saturated rings. The van der Waals surface area contributed by atoms with Crippen LogP contribution in [0.15, 0.2) is 66.7 Å². The van der Waals surface area contributed by atoms with Gasteiger partial charge in [-0.15, -0.1) is 0 Å². The third-order valence-corrected chi connectivity index (χ3v) is 5.53. The van der Waals surface area contributed by atoms with Crippen LogP contribution < -0.4 is 19.5 Å². The standard InChI is InChI=1S/C27H31NO4/c1-18(2)19-6-8-20(9-7-19)24(28-22-11-13-23(30-3)14-12-22)17-25(29)21-10-15-26(31-4)27(16-21)32-5/h6-16,18,24,28H,17H2,1-5H3. The number of Topliss-reactive ketones (excluding diaryl/α,β-unsaturated/α-hetero) is 1. The summed E-state index contributed by atoms with van der Waals surface area (Å²) in [6, 6.07) is 21.2. The summed E-state index contributed by atoms with van der Waals surface area (Å²) in [6.07, 6.45) is 0.294. The van der Waals surface area contributed by atoms with E-state index in [1.54, 1.807) is 39.5 Å². The molecule has 0 saturated heterocycles. The summed E-state index contributed by atoms with van der Waals surface area (Å²) >= 11 is 0. The van der Waals surface area contributed by atoms with Crippen molar-refractivity contribution in [3.8, 4) is 17.2 Å². The zero-order chi connectivity index (χ0) is 23.1. The fraction of sp³-hybridized carbons (Fsp3) is 0.296. The SMILES string of the molecule is COc1ccc(NC(CC(=O)c2ccc(OC)c(OC)c2)c2ccc(C(C)C)cc2)cc1. The van der Waals surface area contributed by atoms with Gasteiger partial charge in [-0.2, -0.15) is 0 Å². The number of ketones is 1. The van der Waals surface area contributed by atoms with E-state index in [1.807, 2.05) is 24.3 Å². The third-order valence-electron chi connectivity index (χ3n) is 5.53. The molecule has 3 aromatic carbocycles. The van der Waals surface area contributed by atoms with Crippen molar-refractivity contribution >= 4 is 11.5 Å². The molecule has 1 unspecified atom stereocenters. The van der Waals surface area contributed by atoms with Gasteiger partial charge in [-0.3, -0.25) is 4.79 Å². The number of rotatable bonds is 10. The highest BCUT2D eigenvalue weighted by molar-refractivity contribution is 5.97. The Kier molecular flexibility index (Phi) is 7.77. The molecule has 0 spiro atoms. The van der Waals surface area contributed by atoms with Crippen molar-refractivity contribution in [1.29, 1.82) is 0 Å². The summed E-state index contributed by atoms with van der Waals surface area (Å²) in [6.45, 7) is 4.34. The highest BCUT2D eigenvalue weighted by atomic mass is 16.5. The minimum atomic E-state index is -0.190. The number of benzene rings is 3. The Morgan fingerprint density at radius 3 is 1.97 bits per heavy atom. The number of methoxy groups -OCH3 is 3. The Balaban J connectivity index is 1.88. The van der Waals surface area contributed by atoms with E-state index in [-0.39, 0.29) is 11.8 Å². The first-order valence-corrected chi connectivity index (χ1v) is 10.7. The second kappa shape index (κ2) is 10.7. The van der Waals surface area contributed by atoms with Crippen molar-refractivity contribution in [2.24, 2.45) is 0 Å². The Morgan fingerprint density at radius 1 is 0.781 bits per heavy atom. The fourth-order valence-corrected chi connectivity index (χ4v) is 3.57. The van der Waals surface area contributed by atoms with Crippen LogP contribution in [0.1, 0.15) is 53.7 Å². The third kappa shape index (κ3) is 5.61. The van der Waals surface area contributed by atoms with E-state index in [1.165, 1.54) is 5.56 Å². The van der Waals surface area contributed by atoms with Crippen LogP contribution in [0.5, 0.6) is 17.2 Å². The average molecular weight is 434 g/mol. The Hall–Kier alpha value is -3.47. The molecule has 168 valence electrons. The van der Waals surface area contributed by atoms with E-state index in [9.17, 15) is 4.79 Å². The molecule has 1 N–H and O–H groups in total. The van der Waals surface area contributed by atoms with Crippen LogP contribution >= 0.6 is 0 Å². The van der Waals surface area contributed by atoms with Gasteiger partial charge in [0.15, 0.2) is 17.3 Å². The van der Waals surface area contributed by atoms with E-state index in [4.69, 9.17) is 14.2 Å². The first-order valence-electron chi connectivity index (χ1n) is 10.7. The Bertz CT molecular complexity index is 1030. The molecule has 3 rings (SSSR count). The summed E-state index contributed by atoms with van der Waals surface area (Å²) in [4.78, 5) is 13.2. The van der Waals surface area contributed by atoms with Crippen molar-refractivity contribution < 1.29 is 19.0 Å². The molecule has 0 aromatic heterocycles. The highest BCUT2D eigenvalue weighted by Gasteiger charge is 2.19. The predicted octanol–water partition coefficient (Wildman–Crippen LogP) is 6.26. The lowest BCUT2D eigenvalue weighted by atomic mass is 9.94. The van der Waals surface area contributed by atoms with Crippen molar-refractivity contribution in [2.75, 3.05) is 26.6 Å². The van der Waals surface area contributed by atoms with Gasteiger partial charge in [-0.25, -0.2) is 0 Å².